The highest BCUT2D eigenvalue weighted by molar-refractivity contribution is 5.43. The van der Waals surface area contributed by atoms with Crippen molar-refractivity contribution in [2.24, 2.45) is 5.92 Å². The summed E-state index contributed by atoms with van der Waals surface area (Å²) in [5.74, 6) is 0.679. The van der Waals surface area contributed by atoms with Crippen LogP contribution in [0.25, 0.3) is 0 Å². The van der Waals surface area contributed by atoms with Gasteiger partial charge in [0.25, 0.3) is 0 Å². The maximum atomic E-state index is 4.42. The maximum Gasteiger partial charge on any atom is 0.0753 e. The predicted molar refractivity (Wildman–Crippen MR) is 71.5 cm³/mol. The fraction of sp³-hybridized carbons (Fsp3) is 0.769. The zero-order valence-electron chi connectivity index (χ0n) is 11.3. The molecule has 2 heterocycles. The Balaban J connectivity index is 2.05. The Kier molecular flexibility index (Phi) is 3.72. The fourth-order valence-corrected chi connectivity index (χ4v) is 2.23. The number of nitrogens with one attached hydrogen (secondary N) is 1. The molecule has 0 bridgehead atoms. The molecule has 1 aromatic heterocycles. The first-order valence-electron chi connectivity index (χ1n) is 6.60. The van der Waals surface area contributed by atoms with E-state index in [4.69, 9.17) is 0 Å². The molecule has 1 N–H and O–H groups in total. The van der Waals surface area contributed by atoms with Crippen molar-refractivity contribution in [1.82, 2.24) is 15.1 Å². The summed E-state index contributed by atoms with van der Waals surface area (Å²) < 4.78 is 2.03. The molecule has 0 aliphatic carbocycles. The van der Waals surface area contributed by atoms with Crippen LogP contribution in [0.1, 0.15) is 33.7 Å². The molecule has 0 aromatic carbocycles. The summed E-state index contributed by atoms with van der Waals surface area (Å²) in [7, 11) is 0. The van der Waals surface area contributed by atoms with E-state index < -0.39 is 0 Å². The Hall–Kier alpha value is -1.03. The van der Waals surface area contributed by atoms with Gasteiger partial charge in [-0.05, 0) is 19.8 Å². The van der Waals surface area contributed by atoms with Crippen LogP contribution in [0.4, 0.5) is 5.69 Å². The van der Waals surface area contributed by atoms with Crippen molar-refractivity contribution in [1.29, 1.82) is 0 Å². The second kappa shape index (κ2) is 5.08. The van der Waals surface area contributed by atoms with Gasteiger partial charge in [0.1, 0.15) is 0 Å². The first kappa shape index (κ1) is 12.4. The number of aromatic nitrogens is 2. The van der Waals surface area contributed by atoms with Gasteiger partial charge in [0.05, 0.1) is 11.9 Å². The van der Waals surface area contributed by atoms with Crippen molar-refractivity contribution < 1.29 is 0 Å². The summed E-state index contributed by atoms with van der Waals surface area (Å²) in [6, 6.07) is 1.03. The van der Waals surface area contributed by atoms with E-state index >= 15 is 0 Å². The van der Waals surface area contributed by atoms with E-state index in [1.54, 1.807) is 0 Å². The number of hydrogen-bond acceptors (Lipinski definition) is 3. The zero-order valence-corrected chi connectivity index (χ0v) is 11.3. The van der Waals surface area contributed by atoms with E-state index in [2.05, 4.69) is 49.2 Å². The molecule has 1 unspecified atom stereocenters. The van der Waals surface area contributed by atoms with Crippen molar-refractivity contribution in [3.63, 3.8) is 0 Å². The summed E-state index contributed by atoms with van der Waals surface area (Å²) in [5.41, 5.74) is 1.26. The van der Waals surface area contributed by atoms with Crippen molar-refractivity contribution in [3.8, 4) is 0 Å². The quantitative estimate of drug-likeness (QED) is 0.870. The molecule has 0 amide bonds. The molecule has 17 heavy (non-hydrogen) atoms. The van der Waals surface area contributed by atoms with Crippen molar-refractivity contribution >= 4 is 5.69 Å². The van der Waals surface area contributed by atoms with Crippen LogP contribution >= 0.6 is 0 Å². The van der Waals surface area contributed by atoms with Gasteiger partial charge in [0, 0.05) is 37.9 Å². The predicted octanol–water partition coefficient (Wildman–Crippen LogP) is 1.90. The molecule has 1 aliphatic heterocycles. The molecule has 0 radical (unpaired) electrons. The Labute approximate surface area is 104 Å². The van der Waals surface area contributed by atoms with Crippen LogP contribution in [0, 0.1) is 5.92 Å². The standard InChI is InChI=1S/C13H24N4/c1-10(2)13-9-16(6-5-14-13)12-7-15-17(8-12)11(3)4/h7-8,10-11,13-14H,5-6,9H2,1-4H3. The molecule has 0 spiro atoms. The van der Waals surface area contributed by atoms with E-state index in [1.807, 2.05) is 10.9 Å². The molecule has 1 fully saturated rings. The molecule has 1 atom stereocenters. The highest BCUT2D eigenvalue weighted by Gasteiger charge is 2.22. The minimum atomic E-state index is 0.438. The maximum absolute atomic E-state index is 4.42. The lowest BCUT2D eigenvalue weighted by atomic mass is 10.0. The molecule has 4 nitrogen and oxygen atoms in total. The lowest BCUT2D eigenvalue weighted by Crippen LogP contribution is -2.52. The summed E-state index contributed by atoms with van der Waals surface area (Å²) in [5, 5.41) is 7.99. The van der Waals surface area contributed by atoms with E-state index in [1.165, 1.54) is 5.69 Å². The van der Waals surface area contributed by atoms with Crippen molar-refractivity contribution in [2.75, 3.05) is 24.5 Å². The average Bonchev–Trinajstić information content (AvgIpc) is 2.78. The molecule has 4 heteroatoms. The summed E-state index contributed by atoms with van der Waals surface area (Å²) in [6.45, 7) is 12.1. The minimum absolute atomic E-state index is 0.438. The van der Waals surface area contributed by atoms with Crippen LogP contribution in [-0.2, 0) is 0 Å². The van der Waals surface area contributed by atoms with Gasteiger partial charge in [0.2, 0.25) is 0 Å². The number of anilines is 1. The third-order valence-corrected chi connectivity index (χ3v) is 3.49. The average molecular weight is 236 g/mol. The molecule has 0 saturated carbocycles. The molecule has 1 aromatic rings. The molecular formula is C13H24N4. The monoisotopic (exact) mass is 236 g/mol. The third kappa shape index (κ3) is 2.80. The van der Waals surface area contributed by atoms with Crippen LogP contribution in [0.15, 0.2) is 12.4 Å². The number of hydrogen-bond donors (Lipinski definition) is 1. The van der Waals surface area contributed by atoms with Gasteiger partial charge >= 0.3 is 0 Å². The number of rotatable bonds is 3. The molecular weight excluding hydrogens is 212 g/mol. The Morgan fingerprint density at radius 1 is 1.35 bits per heavy atom. The number of piperazine rings is 1. The molecule has 1 aliphatic rings. The first-order valence-corrected chi connectivity index (χ1v) is 6.60. The first-order chi connectivity index (χ1) is 8.08. The molecule has 2 rings (SSSR count). The van der Waals surface area contributed by atoms with Gasteiger partial charge in [-0.2, -0.15) is 5.10 Å². The van der Waals surface area contributed by atoms with Gasteiger partial charge in [-0.15, -0.1) is 0 Å². The van der Waals surface area contributed by atoms with Gasteiger partial charge in [-0.3, -0.25) is 4.68 Å². The summed E-state index contributed by atoms with van der Waals surface area (Å²) >= 11 is 0. The van der Waals surface area contributed by atoms with Gasteiger partial charge < -0.3 is 10.2 Å². The van der Waals surface area contributed by atoms with E-state index in [9.17, 15) is 0 Å². The lowest BCUT2D eigenvalue weighted by Gasteiger charge is -2.36. The van der Waals surface area contributed by atoms with E-state index in [0.29, 0.717) is 18.0 Å². The van der Waals surface area contributed by atoms with Gasteiger partial charge in [0.15, 0.2) is 0 Å². The minimum Gasteiger partial charge on any atom is -0.366 e. The Morgan fingerprint density at radius 2 is 2.12 bits per heavy atom. The van der Waals surface area contributed by atoms with Crippen LogP contribution in [0.5, 0.6) is 0 Å². The fourth-order valence-electron chi connectivity index (χ4n) is 2.23. The zero-order chi connectivity index (χ0) is 12.4. The van der Waals surface area contributed by atoms with Gasteiger partial charge in [-0.1, -0.05) is 13.8 Å². The Bertz CT molecular complexity index is 356. The van der Waals surface area contributed by atoms with Crippen LogP contribution in [-0.4, -0.2) is 35.5 Å². The molecule has 96 valence electrons. The third-order valence-electron chi connectivity index (χ3n) is 3.49. The topological polar surface area (TPSA) is 33.1 Å². The summed E-state index contributed by atoms with van der Waals surface area (Å²) in [4.78, 5) is 2.44. The van der Waals surface area contributed by atoms with Crippen molar-refractivity contribution in [3.05, 3.63) is 12.4 Å². The van der Waals surface area contributed by atoms with Crippen LogP contribution < -0.4 is 10.2 Å². The number of nitrogens with zero attached hydrogens (tertiary/aromatic N) is 3. The Morgan fingerprint density at radius 3 is 2.71 bits per heavy atom. The largest absolute Gasteiger partial charge is 0.366 e. The lowest BCUT2D eigenvalue weighted by molar-refractivity contribution is 0.368. The van der Waals surface area contributed by atoms with E-state index in [0.717, 1.165) is 19.6 Å². The normalized spacial score (nSPS) is 21.5. The highest BCUT2D eigenvalue weighted by Crippen LogP contribution is 2.18. The smallest absolute Gasteiger partial charge is 0.0753 e. The van der Waals surface area contributed by atoms with Crippen LogP contribution in [0.2, 0.25) is 0 Å². The van der Waals surface area contributed by atoms with Crippen molar-refractivity contribution in [2.45, 2.75) is 39.8 Å². The molecule has 1 saturated heterocycles. The van der Waals surface area contributed by atoms with E-state index in [-0.39, 0.29) is 0 Å². The highest BCUT2D eigenvalue weighted by atomic mass is 15.3. The van der Waals surface area contributed by atoms with Crippen LogP contribution in [0.3, 0.4) is 0 Å². The second-order valence-electron chi connectivity index (χ2n) is 5.52. The summed E-state index contributed by atoms with van der Waals surface area (Å²) in [6.07, 6.45) is 4.15. The second-order valence-corrected chi connectivity index (χ2v) is 5.52. The SMILES string of the molecule is CC(C)C1CN(c2cnn(C(C)C)c2)CCN1. The van der Waals surface area contributed by atoms with Gasteiger partial charge in [-0.25, -0.2) is 0 Å².